The van der Waals surface area contributed by atoms with Gasteiger partial charge in [0.15, 0.2) is 0 Å². The first-order valence-corrected chi connectivity index (χ1v) is 18.0. The predicted molar refractivity (Wildman–Crippen MR) is 195 cm³/mol. The average molecular weight is 741 g/mol. The van der Waals surface area contributed by atoms with Crippen molar-refractivity contribution in [1.29, 1.82) is 0 Å². The van der Waals surface area contributed by atoms with Gasteiger partial charge in [-0.2, -0.15) is 11.1 Å². The zero-order chi connectivity index (χ0) is 32.5. The molecule has 0 heterocycles. The van der Waals surface area contributed by atoms with E-state index in [9.17, 15) is 0 Å². The van der Waals surface area contributed by atoms with E-state index in [0.29, 0.717) is 23.7 Å². The average Bonchev–Trinajstić information content (AvgIpc) is 3.68. The Labute approximate surface area is 312 Å². The summed E-state index contributed by atoms with van der Waals surface area (Å²) in [5.41, 5.74) is 8.65. The normalized spacial score (nSPS) is 13.7. The van der Waals surface area contributed by atoms with Crippen molar-refractivity contribution in [3.05, 3.63) is 149 Å². The first kappa shape index (κ1) is 40.7. The van der Waals surface area contributed by atoms with E-state index in [0.717, 1.165) is 12.8 Å². The Morgan fingerprint density at radius 3 is 1.47 bits per heavy atom. The van der Waals surface area contributed by atoms with Gasteiger partial charge in [-0.15, -0.1) is 39.7 Å². The summed E-state index contributed by atoms with van der Waals surface area (Å²) in [6, 6.07) is 37.1. The SMILES string of the molecule is CC(C)C1=C(C(C)C)C(C(C)C)[C-]=C1.CCc1ccc2c(c1)[cH-]c1cc(CC)ccc12.[Cl-].[Cl-].[Zr+2]=[C](c1ccccc1)c1ccccc1. The predicted octanol–water partition coefficient (Wildman–Crippen LogP) is 5.89. The molecule has 0 saturated carbocycles. The van der Waals surface area contributed by atoms with Gasteiger partial charge in [0.2, 0.25) is 0 Å². The number of benzene rings is 4. The molecule has 0 fully saturated rings. The van der Waals surface area contributed by atoms with Crippen molar-refractivity contribution < 1.29 is 49.0 Å². The Morgan fingerprint density at radius 1 is 0.660 bits per heavy atom. The number of aryl methyl sites for hydroxylation is 2. The standard InChI is InChI=1S/C17H17.C14H23.C13H10.2ClH.Zr/c1-3-12-5-7-16-14(9-12)11-15-10-13(4-2)6-8-17(15)16;1-9(2)12-7-8-13(10(3)4)14(12)11(5)6;1-3-7-12(8-4-1)11-13-9-5-2-6-10-13;;;/h5-11H,3-4H2,1-2H3;7,9-11,13H,1-6H3;1-10H;2*1H;/q2*-1;;;;+2/p-2. The van der Waals surface area contributed by atoms with E-state index in [1.54, 1.807) is 5.57 Å². The third-order valence-corrected chi connectivity index (χ3v) is 10.2. The van der Waals surface area contributed by atoms with Crippen LogP contribution >= 0.6 is 0 Å². The molecule has 0 aromatic heterocycles. The van der Waals surface area contributed by atoms with E-state index < -0.39 is 0 Å². The van der Waals surface area contributed by atoms with E-state index in [-0.39, 0.29) is 24.8 Å². The summed E-state index contributed by atoms with van der Waals surface area (Å²) in [5.74, 6) is 2.54. The van der Waals surface area contributed by atoms with E-state index in [4.69, 9.17) is 0 Å². The molecule has 0 nitrogen and oxygen atoms in total. The molecule has 0 bridgehead atoms. The maximum absolute atomic E-state index is 3.52. The van der Waals surface area contributed by atoms with Crippen LogP contribution in [0.5, 0.6) is 0 Å². The molecule has 0 saturated heterocycles. The van der Waals surface area contributed by atoms with Crippen molar-refractivity contribution in [3.8, 4) is 0 Å². The van der Waals surface area contributed by atoms with E-state index in [1.807, 2.05) is 0 Å². The fraction of sp³-hybridized carbons (Fsp3) is 0.318. The minimum atomic E-state index is 0. The zero-order valence-electron chi connectivity index (χ0n) is 29.4. The van der Waals surface area contributed by atoms with E-state index in [1.165, 1.54) is 76.8 Å². The van der Waals surface area contributed by atoms with Gasteiger partial charge in [0.1, 0.15) is 0 Å². The van der Waals surface area contributed by atoms with Gasteiger partial charge in [-0.05, 0) is 18.8 Å². The molecular weight excluding hydrogens is 691 g/mol. The summed E-state index contributed by atoms with van der Waals surface area (Å²) in [6.07, 6.45) is 7.96. The fourth-order valence-electron chi connectivity index (χ4n) is 6.21. The number of rotatable bonds is 7. The van der Waals surface area contributed by atoms with Crippen molar-refractivity contribution in [2.75, 3.05) is 0 Å². The molecule has 3 heteroatoms. The number of hydrogen-bond donors (Lipinski definition) is 0. The minimum absolute atomic E-state index is 0. The topological polar surface area (TPSA) is 0 Å². The van der Waals surface area contributed by atoms with Crippen LogP contribution in [0.25, 0.3) is 21.5 Å². The summed E-state index contributed by atoms with van der Waals surface area (Å²) >= 11 is 1.46. The molecule has 246 valence electrons. The first-order valence-electron chi connectivity index (χ1n) is 16.8. The number of hydrogen-bond acceptors (Lipinski definition) is 0. The quantitative estimate of drug-likeness (QED) is 0.183. The second-order valence-electron chi connectivity index (χ2n) is 13.1. The van der Waals surface area contributed by atoms with Crippen molar-refractivity contribution in [1.82, 2.24) is 0 Å². The number of fused-ring (bicyclic) bond motifs is 3. The van der Waals surface area contributed by atoms with Crippen LogP contribution < -0.4 is 24.8 Å². The van der Waals surface area contributed by atoms with Crippen LogP contribution in [0.4, 0.5) is 0 Å². The second-order valence-corrected chi connectivity index (χ2v) is 14.3. The van der Waals surface area contributed by atoms with Crippen LogP contribution in [0.2, 0.25) is 0 Å². The molecule has 5 aromatic rings. The van der Waals surface area contributed by atoms with Gasteiger partial charge in [-0.1, -0.05) is 109 Å². The fourth-order valence-corrected chi connectivity index (χ4v) is 7.03. The molecular formula is C44H50Cl2Zr-2. The molecule has 1 atom stereocenters. The molecule has 0 aliphatic heterocycles. The molecule has 0 spiro atoms. The van der Waals surface area contributed by atoms with Crippen LogP contribution in [0.3, 0.4) is 0 Å². The van der Waals surface area contributed by atoms with Gasteiger partial charge >= 0.3 is 99.2 Å². The maximum atomic E-state index is 3.52. The van der Waals surface area contributed by atoms with Crippen LogP contribution in [0, 0.1) is 29.7 Å². The Bertz CT molecular complexity index is 1660. The summed E-state index contributed by atoms with van der Waals surface area (Å²) in [4.78, 5) is 0. The van der Waals surface area contributed by atoms with Crippen molar-refractivity contribution >= 4 is 24.8 Å². The molecule has 1 aliphatic carbocycles. The Balaban J connectivity index is 0.000000242. The van der Waals surface area contributed by atoms with Gasteiger partial charge in [0, 0.05) is 0 Å². The number of halogens is 2. The number of allylic oxidation sites excluding steroid dienone is 4. The van der Waals surface area contributed by atoms with Gasteiger partial charge in [0.25, 0.3) is 0 Å². The first-order chi connectivity index (χ1) is 21.6. The summed E-state index contributed by atoms with van der Waals surface area (Å²) in [6.45, 7) is 18.1. The Hall–Kier alpha value is -2.44. The molecule has 6 rings (SSSR count). The Morgan fingerprint density at radius 2 is 1.11 bits per heavy atom. The molecule has 0 N–H and O–H groups in total. The molecule has 5 aromatic carbocycles. The van der Waals surface area contributed by atoms with Crippen LogP contribution in [-0.2, 0) is 37.1 Å². The summed E-state index contributed by atoms with van der Waals surface area (Å²) in [7, 11) is 0. The molecule has 1 aliphatic rings. The summed E-state index contributed by atoms with van der Waals surface area (Å²) in [5, 5.41) is 5.54. The van der Waals surface area contributed by atoms with E-state index >= 15 is 0 Å². The second kappa shape index (κ2) is 19.5. The van der Waals surface area contributed by atoms with Crippen molar-refractivity contribution in [3.63, 3.8) is 0 Å². The third-order valence-electron chi connectivity index (χ3n) is 8.77. The summed E-state index contributed by atoms with van der Waals surface area (Å²) < 4.78 is 1.42. The molecule has 0 amide bonds. The van der Waals surface area contributed by atoms with Crippen LogP contribution in [0.1, 0.15) is 77.6 Å². The van der Waals surface area contributed by atoms with Crippen molar-refractivity contribution in [2.24, 2.45) is 23.7 Å². The molecule has 47 heavy (non-hydrogen) atoms. The van der Waals surface area contributed by atoms with Gasteiger partial charge < -0.3 is 24.8 Å². The molecule has 0 radical (unpaired) electrons. The van der Waals surface area contributed by atoms with Crippen LogP contribution in [0.15, 0.2) is 120 Å². The Kier molecular flexibility index (Phi) is 16.9. The monoisotopic (exact) mass is 738 g/mol. The van der Waals surface area contributed by atoms with E-state index in [2.05, 4.69) is 171 Å². The third kappa shape index (κ3) is 10.5. The van der Waals surface area contributed by atoms with Gasteiger partial charge in [0.05, 0.1) is 0 Å². The van der Waals surface area contributed by atoms with Crippen LogP contribution in [-0.4, -0.2) is 3.21 Å². The molecule has 1 unspecified atom stereocenters. The van der Waals surface area contributed by atoms with Crippen molar-refractivity contribution in [2.45, 2.75) is 68.2 Å². The van der Waals surface area contributed by atoms with Gasteiger partial charge in [-0.3, -0.25) is 6.08 Å². The van der Waals surface area contributed by atoms with Gasteiger partial charge in [-0.25, -0.2) is 6.08 Å². The zero-order valence-corrected chi connectivity index (χ0v) is 33.3.